The fourth-order valence-electron chi connectivity index (χ4n) is 1.42. The van der Waals surface area contributed by atoms with Crippen LogP contribution < -0.4 is 15.2 Å². The first-order valence-electron chi connectivity index (χ1n) is 5.24. The third-order valence-corrected chi connectivity index (χ3v) is 2.45. The first-order chi connectivity index (χ1) is 8.20. The van der Waals surface area contributed by atoms with Gasteiger partial charge in [0.25, 0.3) is 0 Å². The van der Waals surface area contributed by atoms with Crippen LogP contribution in [0.3, 0.4) is 0 Å². The average Bonchev–Trinajstić information content (AvgIpc) is 2.35. The molecule has 17 heavy (non-hydrogen) atoms. The smallest absolute Gasteiger partial charge is 0.222 e. The van der Waals surface area contributed by atoms with Gasteiger partial charge in [-0.3, -0.25) is 0 Å². The fourth-order valence-corrected chi connectivity index (χ4v) is 1.42. The zero-order valence-corrected chi connectivity index (χ0v) is 9.81. The quantitative estimate of drug-likeness (QED) is 0.824. The Morgan fingerprint density at radius 3 is 2.53 bits per heavy atom. The molecular formula is C13H14N2O2. The zero-order valence-electron chi connectivity index (χ0n) is 9.81. The van der Waals surface area contributed by atoms with E-state index in [0.29, 0.717) is 23.2 Å². The van der Waals surface area contributed by atoms with Crippen molar-refractivity contribution in [3.63, 3.8) is 0 Å². The molecule has 0 aliphatic rings. The van der Waals surface area contributed by atoms with E-state index in [2.05, 4.69) is 4.98 Å². The Labute approximate surface area is 100 Å². The van der Waals surface area contributed by atoms with Crippen LogP contribution in [0.1, 0.15) is 5.56 Å². The largest absolute Gasteiger partial charge is 0.481 e. The van der Waals surface area contributed by atoms with Gasteiger partial charge in [0.15, 0.2) is 0 Å². The van der Waals surface area contributed by atoms with Gasteiger partial charge in [0.2, 0.25) is 11.8 Å². The molecule has 0 atom stereocenters. The molecule has 4 nitrogen and oxygen atoms in total. The molecule has 4 heteroatoms. The van der Waals surface area contributed by atoms with E-state index in [-0.39, 0.29) is 0 Å². The van der Waals surface area contributed by atoms with Crippen LogP contribution in [0.25, 0.3) is 0 Å². The topological polar surface area (TPSA) is 57.4 Å². The summed E-state index contributed by atoms with van der Waals surface area (Å²) in [5.74, 6) is 1.70. The third-order valence-electron chi connectivity index (χ3n) is 2.45. The number of hydrogen-bond acceptors (Lipinski definition) is 4. The SMILES string of the molecule is COc1cccc(Oc2cccc(N)c2C)n1. The lowest BCUT2D eigenvalue weighted by Crippen LogP contribution is -1.95. The van der Waals surface area contributed by atoms with E-state index in [1.807, 2.05) is 31.2 Å². The second-order valence-electron chi connectivity index (χ2n) is 3.59. The van der Waals surface area contributed by atoms with E-state index >= 15 is 0 Å². The maximum atomic E-state index is 5.81. The maximum absolute atomic E-state index is 5.81. The van der Waals surface area contributed by atoms with Crippen molar-refractivity contribution in [1.29, 1.82) is 0 Å². The van der Waals surface area contributed by atoms with E-state index in [0.717, 1.165) is 5.56 Å². The number of ether oxygens (including phenoxy) is 2. The Balaban J connectivity index is 2.28. The molecular weight excluding hydrogens is 216 g/mol. The van der Waals surface area contributed by atoms with Gasteiger partial charge in [0.05, 0.1) is 7.11 Å². The molecule has 1 aromatic heterocycles. The summed E-state index contributed by atoms with van der Waals surface area (Å²) < 4.78 is 10.7. The predicted molar refractivity (Wildman–Crippen MR) is 66.5 cm³/mol. The monoisotopic (exact) mass is 230 g/mol. The van der Waals surface area contributed by atoms with Gasteiger partial charge >= 0.3 is 0 Å². The van der Waals surface area contributed by atoms with Crippen LogP contribution in [0.5, 0.6) is 17.5 Å². The second-order valence-corrected chi connectivity index (χ2v) is 3.59. The highest BCUT2D eigenvalue weighted by Gasteiger charge is 2.05. The number of rotatable bonds is 3. The van der Waals surface area contributed by atoms with Crippen molar-refractivity contribution in [2.24, 2.45) is 0 Å². The van der Waals surface area contributed by atoms with Crippen LogP contribution in [0, 0.1) is 6.92 Å². The number of nitrogen functional groups attached to an aromatic ring is 1. The molecule has 0 radical (unpaired) electrons. The van der Waals surface area contributed by atoms with Gasteiger partial charge < -0.3 is 15.2 Å². The molecule has 0 amide bonds. The van der Waals surface area contributed by atoms with Gasteiger partial charge in [-0.2, -0.15) is 4.98 Å². The van der Waals surface area contributed by atoms with Crippen molar-refractivity contribution >= 4 is 5.69 Å². The molecule has 0 saturated heterocycles. The molecule has 1 heterocycles. The number of nitrogens with two attached hydrogens (primary N) is 1. The number of hydrogen-bond donors (Lipinski definition) is 1. The number of nitrogens with zero attached hydrogens (tertiary/aromatic N) is 1. The van der Waals surface area contributed by atoms with Crippen LogP contribution in [0.15, 0.2) is 36.4 Å². The summed E-state index contributed by atoms with van der Waals surface area (Å²) in [5, 5.41) is 0. The summed E-state index contributed by atoms with van der Waals surface area (Å²) in [7, 11) is 1.57. The van der Waals surface area contributed by atoms with E-state index in [4.69, 9.17) is 15.2 Å². The highest BCUT2D eigenvalue weighted by molar-refractivity contribution is 5.53. The number of anilines is 1. The van der Waals surface area contributed by atoms with Crippen molar-refractivity contribution < 1.29 is 9.47 Å². The Hall–Kier alpha value is -2.23. The van der Waals surface area contributed by atoms with Crippen LogP contribution in [-0.4, -0.2) is 12.1 Å². The minimum Gasteiger partial charge on any atom is -0.481 e. The summed E-state index contributed by atoms with van der Waals surface area (Å²) in [4.78, 5) is 4.17. The maximum Gasteiger partial charge on any atom is 0.222 e. The van der Waals surface area contributed by atoms with E-state index in [1.165, 1.54) is 0 Å². The molecule has 0 aliphatic carbocycles. The van der Waals surface area contributed by atoms with Crippen molar-refractivity contribution in [2.45, 2.75) is 6.92 Å². The highest BCUT2D eigenvalue weighted by Crippen LogP contribution is 2.27. The minimum atomic E-state index is 0.484. The number of benzene rings is 1. The summed E-state index contributed by atoms with van der Waals surface area (Å²) in [5.41, 5.74) is 7.40. The summed E-state index contributed by atoms with van der Waals surface area (Å²) >= 11 is 0. The molecule has 0 fully saturated rings. The van der Waals surface area contributed by atoms with E-state index in [9.17, 15) is 0 Å². The van der Waals surface area contributed by atoms with E-state index < -0.39 is 0 Å². The van der Waals surface area contributed by atoms with Gasteiger partial charge in [-0.25, -0.2) is 0 Å². The Morgan fingerprint density at radius 2 is 1.76 bits per heavy atom. The Morgan fingerprint density at radius 1 is 1.06 bits per heavy atom. The summed E-state index contributed by atoms with van der Waals surface area (Å²) in [6.07, 6.45) is 0. The van der Waals surface area contributed by atoms with Gasteiger partial charge in [-0.15, -0.1) is 0 Å². The number of pyridine rings is 1. The lowest BCUT2D eigenvalue weighted by Gasteiger charge is -2.09. The number of methoxy groups -OCH3 is 1. The molecule has 2 rings (SSSR count). The molecule has 88 valence electrons. The first kappa shape index (κ1) is 11.3. The standard InChI is InChI=1S/C13H14N2O2/c1-9-10(14)5-3-6-11(9)17-13-8-4-7-12(15-13)16-2/h3-8H,14H2,1-2H3. The van der Waals surface area contributed by atoms with Crippen molar-refractivity contribution in [3.8, 4) is 17.5 Å². The lowest BCUT2D eigenvalue weighted by atomic mass is 10.2. The van der Waals surface area contributed by atoms with Gasteiger partial charge in [0.1, 0.15) is 5.75 Å². The molecule has 0 aliphatic heterocycles. The predicted octanol–water partition coefficient (Wildman–Crippen LogP) is 2.77. The lowest BCUT2D eigenvalue weighted by molar-refractivity contribution is 0.383. The Kier molecular flexibility index (Phi) is 3.14. The van der Waals surface area contributed by atoms with Crippen LogP contribution in [0.4, 0.5) is 5.69 Å². The van der Waals surface area contributed by atoms with Gasteiger partial charge in [-0.1, -0.05) is 12.1 Å². The van der Waals surface area contributed by atoms with Crippen molar-refractivity contribution in [2.75, 3.05) is 12.8 Å². The summed E-state index contributed by atoms with van der Waals surface area (Å²) in [6.45, 7) is 1.91. The molecule has 0 saturated carbocycles. The van der Waals surface area contributed by atoms with Crippen molar-refractivity contribution in [1.82, 2.24) is 4.98 Å². The number of aromatic nitrogens is 1. The van der Waals surface area contributed by atoms with Crippen LogP contribution >= 0.6 is 0 Å². The minimum absolute atomic E-state index is 0.484. The average molecular weight is 230 g/mol. The molecule has 0 unspecified atom stereocenters. The highest BCUT2D eigenvalue weighted by atomic mass is 16.5. The fraction of sp³-hybridized carbons (Fsp3) is 0.154. The van der Waals surface area contributed by atoms with Crippen LogP contribution in [0.2, 0.25) is 0 Å². The molecule has 1 aromatic carbocycles. The van der Waals surface area contributed by atoms with Crippen LogP contribution in [-0.2, 0) is 0 Å². The van der Waals surface area contributed by atoms with Gasteiger partial charge in [-0.05, 0) is 19.1 Å². The third kappa shape index (κ3) is 2.47. The van der Waals surface area contributed by atoms with Crippen molar-refractivity contribution in [3.05, 3.63) is 42.0 Å². The molecule has 0 bridgehead atoms. The second kappa shape index (κ2) is 4.74. The van der Waals surface area contributed by atoms with E-state index in [1.54, 1.807) is 19.2 Å². The Bertz CT molecular complexity index is 527. The van der Waals surface area contributed by atoms with Gasteiger partial charge in [0, 0.05) is 23.4 Å². The first-order valence-corrected chi connectivity index (χ1v) is 5.24. The normalized spacial score (nSPS) is 10.0. The molecule has 2 N–H and O–H groups in total. The summed E-state index contributed by atoms with van der Waals surface area (Å²) in [6, 6.07) is 10.9. The zero-order chi connectivity index (χ0) is 12.3. The molecule has 0 spiro atoms. The molecule has 2 aromatic rings.